The zero-order valence-electron chi connectivity index (χ0n) is 14.9. The summed E-state index contributed by atoms with van der Waals surface area (Å²) in [5, 5.41) is 2.69. The average molecular weight is 370 g/mol. The summed E-state index contributed by atoms with van der Waals surface area (Å²) in [5.74, 6) is -0.954. The summed E-state index contributed by atoms with van der Waals surface area (Å²) in [6, 6.07) is 11.7. The molecule has 0 aromatic heterocycles. The van der Waals surface area contributed by atoms with Gasteiger partial charge in [0.2, 0.25) is 5.91 Å². The van der Waals surface area contributed by atoms with Crippen molar-refractivity contribution in [3.8, 4) is 11.5 Å². The number of hydrogen-bond acceptors (Lipinski definition) is 6. The highest BCUT2D eigenvalue weighted by atomic mass is 16.5. The molecular formula is C19H18N2O6. The Morgan fingerprint density at radius 1 is 1.07 bits per heavy atom. The van der Waals surface area contributed by atoms with Gasteiger partial charge in [-0.15, -0.1) is 0 Å². The third kappa shape index (κ3) is 3.69. The van der Waals surface area contributed by atoms with Crippen LogP contribution in [0.15, 0.2) is 42.5 Å². The Labute approximate surface area is 155 Å². The fraction of sp³-hybridized carbons (Fsp3) is 0.211. The number of para-hydroxylation sites is 3. The maximum atomic E-state index is 12.5. The van der Waals surface area contributed by atoms with Crippen LogP contribution >= 0.6 is 0 Å². The van der Waals surface area contributed by atoms with Gasteiger partial charge >= 0.3 is 5.97 Å². The van der Waals surface area contributed by atoms with Gasteiger partial charge in [-0.25, -0.2) is 4.79 Å². The number of benzene rings is 2. The zero-order chi connectivity index (χ0) is 19.4. The second-order valence-electron chi connectivity index (χ2n) is 5.66. The van der Waals surface area contributed by atoms with E-state index in [4.69, 9.17) is 14.2 Å². The first-order chi connectivity index (χ1) is 13.0. The summed E-state index contributed by atoms with van der Waals surface area (Å²) in [4.78, 5) is 38.0. The van der Waals surface area contributed by atoms with Crippen LogP contribution in [0, 0.1) is 0 Å². The molecule has 0 saturated heterocycles. The summed E-state index contributed by atoms with van der Waals surface area (Å²) in [5.41, 5.74) is 1.22. The van der Waals surface area contributed by atoms with E-state index in [9.17, 15) is 14.4 Å². The molecule has 0 bridgehead atoms. The fourth-order valence-electron chi connectivity index (χ4n) is 2.79. The lowest BCUT2D eigenvalue weighted by Gasteiger charge is -2.28. The molecule has 27 heavy (non-hydrogen) atoms. The Hall–Kier alpha value is -3.55. The van der Waals surface area contributed by atoms with Crippen LogP contribution in [0.2, 0.25) is 0 Å². The summed E-state index contributed by atoms with van der Waals surface area (Å²) < 4.78 is 15.5. The highest BCUT2D eigenvalue weighted by molar-refractivity contribution is 6.10. The summed E-state index contributed by atoms with van der Waals surface area (Å²) in [7, 11) is 2.86. The molecule has 0 spiro atoms. The normalized spacial score (nSPS) is 12.7. The summed E-state index contributed by atoms with van der Waals surface area (Å²) in [6.45, 7) is -0.656. The van der Waals surface area contributed by atoms with Crippen LogP contribution in [-0.2, 0) is 14.3 Å². The third-order valence-electron chi connectivity index (χ3n) is 4.02. The number of nitrogens with one attached hydrogen (secondary N) is 1. The Morgan fingerprint density at radius 3 is 2.59 bits per heavy atom. The van der Waals surface area contributed by atoms with Gasteiger partial charge in [0.25, 0.3) is 5.91 Å². The minimum atomic E-state index is -0.728. The molecule has 2 amide bonds. The number of amides is 2. The van der Waals surface area contributed by atoms with Gasteiger partial charge in [0.1, 0.15) is 12.1 Å². The van der Waals surface area contributed by atoms with E-state index < -0.39 is 18.5 Å². The van der Waals surface area contributed by atoms with Gasteiger partial charge in [-0.3, -0.25) is 14.5 Å². The molecule has 2 aromatic carbocycles. The smallest absolute Gasteiger partial charge is 0.342 e. The Kier molecular flexibility index (Phi) is 5.25. The Balaban J connectivity index is 1.73. The van der Waals surface area contributed by atoms with E-state index >= 15 is 0 Å². The standard InChI is InChI=1S/C19H18N2O6/c1-25-15-9-5-6-12(18(15)26-2)19(24)27-11-17(23)21-10-16(22)20-13-7-3-4-8-14(13)21/h3-9H,10-11H2,1-2H3,(H,20,22). The summed E-state index contributed by atoms with van der Waals surface area (Å²) in [6.07, 6.45) is 0. The fourth-order valence-corrected chi connectivity index (χ4v) is 2.79. The van der Waals surface area contributed by atoms with Crippen LogP contribution in [0.4, 0.5) is 11.4 Å². The molecule has 1 heterocycles. The zero-order valence-corrected chi connectivity index (χ0v) is 14.9. The molecule has 0 fully saturated rings. The quantitative estimate of drug-likeness (QED) is 0.807. The van der Waals surface area contributed by atoms with E-state index in [2.05, 4.69) is 5.32 Å². The van der Waals surface area contributed by atoms with Gasteiger partial charge in [0, 0.05) is 0 Å². The van der Waals surface area contributed by atoms with E-state index in [1.54, 1.807) is 36.4 Å². The molecule has 1 aliphatic rings. The van der Waals surface area contributed by atoms with E-state index in [0.717, 1.165) is 0 Å². The van der Waals surface area contributed by atoms with Crippen LogP contribution in [0.5, 0.6) is 11.5 Å². The van der Waals surface area contributed by atoms with Gasteiger partial charge in [-0.1, -0.05) is 18.2 Å². The summed E-state index contributed by atoms with van der Waals surface area (Å²) >= 11 is 0. The lowest BCUT2D eigenvalue weighted by Crippen LogP contribution is -2.44. The second-order valence-corrected chi connectivity index (χ2v) is 5.66. The van der Waals surface area contributed by atoms with Gasteiger partial charge in [0.05, 0.1) is 25.6 Å². The number of fused-ring (bicyclic) bond motifs is 1. The molecule has 8 nitrogen and oxygen atoms in total. The maximum absolute atomic E-state index is 12.5. The molecule has 3 rings (SSSR count). The molecule has 0 unspecified atom stereocenters. The van der Waals surface area contributed by atoms with Crippen LogP contribution in [0.1, 0.15) is 10.4 Å². The second kappa shape index (κ2) is 7.77. The molecule has 0 saturated carbocycles. The topological polar surface area (TPSA) is 94.2 Å². The molecule has 8 heteroatoms. The van der Waals surface area contributed by atoms with Crippen LogP contribution in [0.3, 0.4) is 0 Å². The monoisotopic (exact) mass is 370 g/mol. The van der Waals surface area contributed by atoms with Crippen molar-refractivity contribution in [2.45, 2.75) is 0 Å². The molecule has 0 aliphatic carbocycles. The van der Waals surface area contributed by atoms with E-state index in [0.29, 0.717) is 17.1 Å². The first-order valence-corrected chi connectivity index (χ1v) is 8.12. The van der Waals surface area contributed by atoms with Crippen molar-refractivity contribution in [1.82, 2.24) is 0 Å². The first kappa shape index (κ1) is 18.2. The number of rotatable bonds is 5. The number of nitrogens with zero attached hydrogens (tertiary/aromatic N) is 1. The van der Waals surface area contributed by atoms with Gasteiger partial charge in [0.15, 0.2) is 18.1 Å². The Bertz CT molecular complexity index is 896. The highest BCUT2D eigenvalue weighted by Gasteiger charge is 2.28. The molecule has 140 valence electrons. The van der Waals surface area contributed by atoms with Gasteiger partial charge < -0.3 is 19.5 Å². The predicted molar refractivity (Wildman–Crippen MR) is 97.3 cm³/mol. The van der Waals surface area contributed by atoms with Crippen molar-refractivity contribution in [3.63, 3.8) is 0 Å². The molecule has 1 N–H and O–H groups in total. The third-order valence-corrected chi connectivity index (χ3v) is 4.02. The lowest BCUT2D eigenvalue weighted by atomic mass is 10.2. The van der Waals surface area contributed by atoms with Crippen molar-refractivity contribution in [3.05, 3.63) is 48.0 Å². The first-order valence-electron chi connectivity index (χ1n) is 8.12. The number of ether oxygens (including phenoxy) is 3. The largest absolute Gasteiger partial charge is 0.493 e. The van der Waals surface area contributed by atoms with Crippen LogP contribution in [0.25, 0.3) is 0 Å². The molecule has 0 atom stereocenters. The van der Waals surface area contributed by atoms with Crippen LogP contribution in [-0.4, -0.2) is 45.2 Å². The van der Waals surface area contributed by atoms with Crippen LogP contribution < -0.4 is 19.7 Å². The van der Waals surface area contributed by atoms with Crippen molar-refractivity contribution >= 4 is 29.2 Å². The van der Waals surface area contributed by atoms with Gasteiger partial charge in [-0.2, -0.15) is 0 Å². The highest BCUT2D eigenvalue weighted by Crippen LogP contribution is 2.31. The predicted octanol–water partition coefficient (Wildman–Crippen LogP) is 1.85. The Morgan fingerprint density at radius 2 is 1.85 bits per heavy atom. The van der Waals surface area contributed by atoms with E-state index in [-0.39, 0.29) is 23.8 Å². The number of methoxy groups -OCH3 is 2. The van der Waals surface area contributed by atoms with Crippen molar-refractivity contribution in [2.24, 2.45) is 0 Å². The van der Waals surface area contributed by atoms with E-state index in [1.807, 2.05) is 0 Å². The average Bonchev–Trinajstić information content (AvgIpc) is 2.70. The minimum absolute atomic E-state index is 0.140. The van der Waals surface area contributed by atoms with E-state index in [1.165, 1.54) is 25.2 Å². The van der Waals surface area contributed by atoms with Gasteiger partial charge in [-0.05, 0) is 24.3 Å². The molecule has 0 radical (unpaired) electrons. The van der Waals surface area contributed by atoms with Crippen molar-refractivity contribution in [2.75, 3.05) is 37.6 Å². The number of hydrogen-bond donors (Lipinski definition) is 1. The molecular weight excluding hydrogens is 352 g/mol. The number of anilines is 2. The minimum Gasteiger partial charge on any atom is -0.493 e. The lowest BCUT2D eigenvalue weighted by molar-refractivity contribution is -0.124. The molecule has 1 aliphatic heterocycles. The van der Waals surface area contributed by atoms with Crippen molar-refractivity contribution < 1.29 is 28.6 Å². The number of carbonyl (C=O) groups is 3. The number of esters is 1. The number of carbonyl (C=O) groups excluding carboxylic acids is 3. The SMILES string of the molecule is COc1cccc(C(=O)OCC(=O)N2CC(=O)Nc3ccccc32)c1OC. The van der Waals surface area contributed by atoms with Crippen molar-refractivity contribution in [1.29, 1.82) is 0 Å². The molecule has 2 aromatic rings. The maximum Gasteiger partial charge on any atom is 0.342 e.